The highest BCUT2D eigenvalue weighted by atomic mass is 14.3. The van der Waals surface area contributed by atoms with Crippen molar-refractivity contribution in [3.8, 4) is 22.3 Å². The highest BCUT2D eigenvalue weighted by Gasteiger charge is 2.24. The third-order valence-corrected chi connectivity index (χ3v) is 10.8. The second kappa shape index (κ2) is 17.8. The van der Waals surface area contributed by atoms with Crippen molar-refractivity contribution in [1.29, 1.82) is 0 Å². The van der Waals surface area contributed by atoms with Gasteiger partial charge < -0.3 is 0 Å². The molecule has 0 heterocycles. The van der Waals surface area contributed by atoms with Gasteiger partial charge in [-0.05, 0) is 133 Å². The molecule has 0 nitrogen and oxygen atoms in total. The van der Waals surface area contributed by atoms with Crippen molar-refractivity contribution in [2.75, 3.05) is 0 Å². The Balaban J connectivity index is 1.84. The molecule has 2 aliphatic rings. The van der Waals surface area contributed by atoms with Gasteiger partial charge in [-0.3, -0.25) is 0 Å². The summed E-state index contributed by atoms with van der Waals surface area (Å²) in [6.45, 7) is 17.7. The van der Waals surface area contributed by atoms with Crippen LogP contribution in [0.4, 0.5) is 0 Å². The van der Waals surface area contributed by atoms with Gasteiger partial charge in [0.05, 0.1) is 0 Å². The molecule has 5 aromatic carbocycles. The van der Waals surface area contributed by atoms with Crippen molar-refractivity contribution < 1.29 is 0 Å². The maximum absolute atomic E-state index is 4.98. The maximum Gasteiger partial charge on any atom is -0.000786 e. The van der Waals surface area contributed by atoms with Crippen LogP contribution >= 0.6 is 0 Å². The topological polar surface area (TPSA) is 0 Å². The van der Waals surface area contributed by atoms with E-state index < -0.39 is 0 Å². The third-order valence-electron chi connectivity index (χ3n) is 10.8. The molecular formula is C56H50. The molecule has 0 saturated heterocycles. The predicted molar refractivity (Wildman–Crippen MR) is 247 cm³/mol. The van der Waals surface area contributed by atoms with Gasteiger partial charge in [-0.15, -0.1) is 0 Å². The summed E-state index contributed by atoms with van der Waals surface area (Å²) in [7, 11) is 0. The first-order chi connectivity index (χ1) is 27.5. The van der Waals surface area contributed by atoms with Crippen LogP contribution in [0.3, 0.4) is 0 Å². The molecule has 7 rings (SSSR count). The Morgan fingerprint density at radius 3 is 1.68 bits per heavy atom. The normalized spacial score (nSPS) is 14.4. The van der Waals surface area contributed by atoms with Gasteiger partial charge in [0.25, 0.3) is 0 Å². The fraction of sp³-hybridized carbons (Fsp3) is 0.107. The first kappa shape index (κ1) is 37.8. The van der Waals surface area contributed by atoms with E-state index in [4.69, 9.17) is 6.58 Å². The Hall–Kier alpha value is -6.50. The number of aryl methyl sites for hydroxylation is 2. The average Bonchev–Trinajstić information content (AvgIpc) is 3.24. The van der Waals surface area contributed by atoms with E-state index in [-0.39, 0.29) is 0 Å². The summed E-state index contributed by atoms with van der Waals surface area (Å²) in [4.78, 5) is 0. The van der Waals surface area contributed by atoms with E-state index in [9.17, 15) is 0 Å². The summed E-state index contributed by atoms with van der Waals surface area (Å²) in [5.41, 5.74) is 15.2. The van der Waals surface area contributed by atoms with Crippen molar-refractivity contribution in [2.24, 2.45) is 0 Å². The second-order valence-corrected chi connectivity index (χ2v) is 14.5. The minimum absolute atomic E-state index is 0.943. The number of benzene rings is 4. The van der Waals surface area contributed by atoms with Crippen LogP contribution in [0, 0.1) is 13.8 Å². The molecule has 0 spiro atoms. The van der Waals surface area contributed by atoms with Crippen LogP contribution in [-0.4, -0.2) is 0 Å². The first-order valence-electron chi connectivity index (χ1n) is 19.7. The molecule has 0 radical (unpaired) electrons. The fourth-order valence-corrected chi connectivity index (χ4v) is 8.01. The Labute approximate surface area is 334 Å². The quantitative estimate of drug-likeness (QED) is 0.126. The lowest BCUT2D eigenvalue weighted by molar-refractivity contribution is 0.980. The molecule has 0 unspecified atom stereocenters. The lowest BCUT2D eigenvalue weighted by Crippen LogP contribution is -2.00. The van der Waals surface area contributed by atoms with E-state index in [0.717, 1.165) is 70.0 Å². The Kier molecular flexibility index (Phi) is 12.0. The van der Waals surface area contributed by atoms with E-state index in [1.54, 1.807) is 0 Å². The van der Waals surface area contributed by atoms with Crippen molar-refractivity contribution in [3.63, 3.8) is 0 Å². The Morgan fingerprint density at radius 2 is 1.14 bits per heavy atom. The smallest absolute Gasteiger partial charge is 0.000786 e. The van der Waals surface area contributed by atoms with Crippen LogP contribution in [0.5, 0.6) is 0 Å². The molecule has 0 saturated carbocycles. The Bertz CT molecular complexity index is 2610. The van der Waals surface area contributed by atoms with E-state index in [1.165, 1.54) is 49.6 Å². The molecule has 5 aromatic rings. The summed E-state index contributed by atoms with van der Waals surface area (Å²) in [6, 6.07) is 39.8. The second-order valence-electron chi connectivity index (χ2n) is 14.5. The molecule has 0 N–H and O–H groups in total. The van der Waals surface area contributed by atoms with Crippen LogP contribution in [0.25, 0.3) is 54.9 Å². The summed E-state index contributed by atoms with van der Waals surface area (Å²) in [5.74, 6) is 0. The number of hydrogen-bond acceptors (Lipinski definition) is 0. The van der Waals surface area contributed by atoms with Crippen molar-refractivity contribution in [1.82, 2.24) is 0 Å². The molecule has 0 bridgehead atoms. The molecular weight excluding hydrogens is 673 g/mol. The van der Waals surface area contributed by atoms with Gasteiger partial charge in [-0.1, -0.05) is 202 Å². The van der Waals surface area contributed by atoms with Crippen LogP contribution in [-0.2, 0) is 0 Å². The van der Waals surface area contributed by atoms with Crippen LogP contribution in [0.15, 0.2) is 219 Å². The van der Waals surface area contributed by atoms with Gasteiger partial charge in [0.2, 0.25) is 0 Å². The largest absolute Gasteiger partial charge is 0.0991 e. The van der Waals surface area contributed by atoms with Crippen molar-refractivity contribution in [3.05, 3.63) is 241 Å². The van der Waals surface area contributed by atoms with Crippen molar-refractivity contribution in [2.45, 2.75) is 39.5 Å². The molecule has 0 heteroatoms. The van der Waals surface area contributed by atoms with Gasteiger partial charge in [-0.2, -0.15) is 0 Å². The van der Waals surface area contributed by atoms with Crippen LogP contribution in [0.1, 0.15) is 47.9 Å². The highest BCUT2D eigenvalue weighted by Crippen LogP contribution is 2.49. The van der Waals surface area contributed by atoms with Crippen molar-refractivity contribution >= 4 is 32.7 Å². The summed E-state index contributed by atoms with van der Waals surface area (Å²) >= 11 is 0. The zero-order valence-corrected chi connectivity index (χ0v) is 32.8. The summed E-state index contributed by atoms with van der Waals surface area (Å²) < 4.78 is 0. The SMILES string of the molecule is C=C/C=C\C(=C\C1=CC=CCC1)c1ccccccc(C(=C)/C(=C\C=C)C2=CC=CCC2)c2c(-c3ccccc3)c3cc(C)c(C)cc3c(-c3ccccc3)c12. The molecule has 0 aromatic heterocycles. The maximum atomic E-state index is 4.98. The predicted octanol–water partition coefficient (Wildman–Crippen LogP) is 15.9. The monoisotopic (exact) mass is 722 g/mol. The van der Waals surface area contributed by atoms with E-state index in [2.05, 4.69) is 197 Å². The third kappa shape index (κ3) is 7.97. The molecule has 0 amide bonds. The highest BCUT2D eigenvalue weighted by molar-refractivity contribution is 6.26. The number of rotatable bonds is 10. The summed E-state index contributed by atoms with van der Waals surface area (Å²) in [5, 5.41) is 4.76. The van der Waals surface area contributed by atoms with Gasteiger partial charge >= 0.3 is 0 Å². The Morgan fingerprint density at radius 1 is 0.607 bits per heavy atom. The zero-order chi connectivity index (χ0) is 38.9. The zero-order valence-electron chi connectivity index (χ0n) is 32.8. The standard InChI is InChI=1S/C56H50/c1-6-8-28-47(39-43-26-15-11-16-27-43)50-36-24-10-9-23-35-49(42(5)48(25-7-2)44-29-17-12-18-30-44)55-53(45-31-19-13-20-32-45)51-37-40(3)41(4)38-52(51)54(56(50)55)46-33-21-14-22-34-46/h6-15,17,19-26,28-29,31-39H,1-2,5,16,18,27,30H2,3-4H3/b10-9?,23-9?,24-10?,28-8-,35-23?,36-24?,47-39-,48-25+,49-35?,50-36?,55-49?,56-50?. The molecule has 0 aliphatic heterocycles. The molecule has 274 valence electrons. The first-order valence-corrected chi connectivity index (χ1v) is 19.7. The van der Waals surface area contributed by atoms with Gasteiger partial charge in [-0.25, -0.2) is 0 Å². The van der Waals surface area contributed by atoms with Crippen LogP contribution in [0.2, 0.25) is 0 Å². The van der Waals surface area contributed by atoms with E-state index in [0.29, 0.717) is 0 Å². The molecule has 0 atom stereocenters. The van der Waals surface area contributed by atoms with Crippen LogP contribution < -0.4 is 0 Å². The lowest BCUT2D eigenvalue weighted by Gasteiger charge is -2.24. The fourth-order valence-electron chi connectivity index (χ4n) is 8.01. The minimum atomic E-state index is 0.943. The van der Waals surface area contributed by atoms with Gasteiger partial charge in [0, 0.05) is 0 Å². The minimum Gasteiger partial charge on any atom is -0.0991 e. The number of hydrogen-bond donors (Lipinski definition) is 0. The van der Waals surface area contributed by atoms with Gasteiger partial charge in [0.1, 0.15) is 0 Å². The summed E-state index contributed by atoms with van der Waals surface area (Å²) in [6.07, 6.45) is 29.8. The number of allylic oxidation sites excluding steroid dienone is 17. The van der Waals surface area contributed by atoms with E-state index >= 15 is 0 Å². The van der Waals surface area contributed by atoms with Gasteiger partial charge in [0.15, 0.2) is 0 Å². The molecule has 56 heavy (non-hydrogen) atoms. The molecule has 0 fully saturated rings. The lowest BCUT2D eigenvalue weighted by atomic mass is 9.79. The average molecular weight is 723 g/mol. The molecule has 2 aliphatic carbocycles. The van der Waals surface area contributed by atoms with E-state index in [1.807, 2.05) is 12.2 Å². The number of fused-ring (bicyclic) bond motifs is 2.